The monoisotopic (exact) mass is 239 g/mol. The highest BCUT2D eigenvalue weighted by Crippen LogP contribution is 2.19. The average Bonchev–Trinajstić information content (AvgIpc) is 2.27. The zero-order chi connectivity index (χ0) is 13.0. The number of anilines is 1. The molecule has 1 rings (SSSR count). The van der Waals surface area contributed by atoms with Crippen LogP contribution in [-0.2, 0) is 9.59 Å². The number of amides is 1. The number of para-hydroxylation sites is 1. The van der Waals surface area contributed by atoms with Gasteiger partial charge in [0.15, 0.2) is 0 Å². The summed E-state index contributed by atoms with van der Waals surface area (Å²) in [5.41, 5.74) is 0.148. The van der Waals surface area contributed by atoms with Gasteiger partial charge in [-0.05, 0) is 12.1 Å². The molecule has 0 aliphatic rings. The van der Waals surface area contributed by atoms with Gasteiger partial charge in [-0.3, -0.25) is 9.59 Å². The maximum Gasteiger partial charge on any atom is 0.304 e. The molecule has 92 valence electrons. The van der Waals surface area contributed by atoms with Gasteiger partial charge in [0.1, 0.15) is 5.82 Å². The van der Waals surface area contributed by atoms with Crippen LogP contribution in [0.25, 0.3) is 0 Å². The first-order valence-electron chi connectivity index (χ1n) is 5.17. The molecule has 0 fully saturated rings. The Hall–Kier alpha value is -1.91. The molecule has 1 aromatic rings. The number of benzene rings is 1. The second kappa shape index (κ2) is 5.43. The third-order valence-corrected chi connectivity index (χ3v) is 2.45. The molecule has 0 aliphatic heterocycles. The summed E-state index contributed by atoms with van der Waals surface area (Å²) in [6, 6.07) is 5.86. The largest absolute Gasteiger partial charge is 0.481 e. The molecule has 0 saturated carbocycles. The number of carbonyl (C=O) groups excluding carboxylic acids is 1. The average molecular weight is 239 g/mol. The molecule has 0 spiro atoms. The van der Waals surface area contributed by atoms with Gasteiger partial charge in [0.2, 0.25) is 5.91 Å². The minimum absolute atomic E-state index is 0.148. The van der Waals surface area contributed by atoms with Gasteiger partial charge in [-0.2, -0.15) is 0 Å². The Bertz CT molecular complexity index is 434. The van der Waals surface area contributed by atoms with E-state index in [1.807, 2.05) is 0 Å². The van der Waals surface area contributed by atoms with Crippen LogP contribution in [-0.4, -0.2) is 24.0 Å². The second-order valence-corrected chi connectivity index (χ2v) is 3.85. The number of hydrogen-bond donors (Lipinski definition) is 1. The normalized spacial score (nSPS) is 11.9. The lowest BCUT2D eigenvalue weighted by molar-refractivity contribution is -0.140. The standard InChI is InChI=1S/C12H14FNO3/c1-8(7-11(15)16)12(17)14(2)10-6-4-3-5-9(10)13/h3-6,8H,7H2,1-2H3,(H,15,16). The summed E-state index contributed by atoms with van der Waals surface area (Å²) in [4.78, 5) is 23.5. The number of carboxylic acids is 1. The third-order valence-electron chi connectivity index (χ3n) is 2.45. The molecule has 1 N–H and O–H groups in total. The summed E-state index contributed by atoms with van der Waals surface area (Å²) in [6.07, 6.45) is -0.266. The van der Waals surface area contributed by atoms with Gasteiger partial charge in [0.05, 0.1) is 12.1 Å². The molecule has 4 nitrogen and oxygen atoms in total. The zero-order valence-corrected chi connectivity index (χ0v) is 9.68. The lowest BCUT2D eigenvalue weighted by Crippen LogP contribution is -2.33. The van der Waals surface area contributed by atoms with Crippen molar-refractivity contribution >= 4 is 17.6 Å². The third kappa shape index (κ3) is 3.27. The summed E-state index contributed by atoms with van der Waals surface area (Å²) in [5, 5.41) is 8.59. The van der Waals surface area contributed by atoms with Gasteiger partial charge in [0.25, 0.3) is 0 Å². The fraction of sp³-hybridized carbons (Fsp3) is 0.333. The van der Waals surface area contributed by atoms with Gasteiger partial charge < -0.3 is 10.0 Å². The van der Waals surface area contributed by atoms with Gasteiger partial charge in [-0.15, -0.1) is 0 Å². The van der Waals surface area contributed by atoms with Crippen LogP contribution in [0.1, 0.15) is 13.3 Å². The number of carboxylic acid groups (broad SMARTS) is 1. The molecule has 1 unspecified atom stereocenters. The quantitative estimate of drug-likeness (QED) is 0.873. The van der Waals surface area contributed by atoms with Crippen LogP contribution in [0.4, 0.5) is 10.1 Å². The van der Waals surface area contributed by atoms with Crippen LogP contribution >= 0.6 is 0 Å². The van der Waals surface area contributed by atoms with E-state index in [9.17, 15) is 14.0 Å². The number of aliphatic carboxylic acids is 1. The number of hydrogen-bond acceptors (Lipinski definition) is 2. The summed E-state index contributed by atoms with van der Waals surface area (Å²) in [5.74, 6) is -2.66. The van der Waals surface area contributed by atoms with Crippen molar-refractivity contribution in [2.75, 3.05) is 11.9 Å². The summed E-state index contributed by atoms with van der Waals surface area (Å²) >= 11 is 0. The fourth-order valence-corrected chi connectivity index (χ4v) is 1.52. The SMILES string of the molecule is CC(CC(=O)O)C(=O)N(C)c1ccccc1F. The highest BCUT2D eigenvalue weighted by Gasteiger charge is 2.22. The molecule has 0 aromatic heterocycles. The predicted octanol–water partition coefficient (Wildman–Crippen LogP) is 1.90. The summed E-state index contributed by atoms with van der Waals surface area (Å²) in [6.45, 7) is 1.51. The molecule has 0 bridgehead atoms. The van der Waals surface area contributed by atoms with Crippen molar-refractivity contribution < 1.29 is 19.1 Å². The van der Waals surface area contributed by atoms with E-state index in [-0.39, 0.29) is 12.1 Å². The molecular formula is C12H14FNO3. The maximum atomic E-state index is 13.4. The highest BCUT2D eigenvalue weighted by molar-refractivity contribution is 5.96. The molecule has 0 radical (unpaired) electrons. The predicted molar refractivity (Wildman–Crippen MR) is 61.2 cm³/mol. The Labute approximate surface area is 98.7 Å². The fourth-order valence-electron chi connectivity index (χ4n) is 1.52. The van der Waals surface area contributed by atoms with Crippen LogP contribution in [0.3, 0.4) is 0 Å². The van der Waals surface area contributed by atoms with Gasteiger partial charge >= 0.3 is 5.97 Å². The van der Waals surface area contributed by atoms with Gasteiger partial charge in [-0.25, -0.2) is 4.39 Å². The first-order chi connectivity index (χ1) is 7.93. The Morgan fingerprint density at radius 1 is 1.41 bits per heavy atom. The lowest BCUT2D eigenvalue weighted by atomic mass is 10.1. The first-order valence-corrected chi connectivity index (χ1v) is 5.17. The van der Waals surface area contributed by atoms with Crippen LogP contribution in [0.15, 0.2) is 24.3 Å². The van der Waals surface area contributed by atoms with E-state index in [0.29, 0.717) is 0 Å². The Morgan fingerprint density at radius 3 is 2.53 bits per heavy atom. The lowest BCUT2D eigenvalue weighted by Gasteiger charge is -2.21. The van der Waals surface area contributed by atoms with E-state index in [0.717, 1.165) is 4.90 Å². The summed E-state index contributed by atoms with van der Waals surface area (Å²) in [7, 11) is 1.43. The second-order valence-electron chi connectivity index (χ2n) is 3.85. The van der Waals surface area contributed by atoms with Crippen molar-refractivity contribution in [1.82, 2.24) is 0 Å². The Kier molecular flexibility index (Phi) is 4.20. The van der Waals surface area contributed by atoms with Gasteiger partial charge in [0, 0.05) is 13.0 Å². The molecule has 17 heavy (non-hydrogen) atoms. The first kappa shape index (κ1) is 13.2. The van der Waals surface area contributed by atoms with E-state index in [4.69, 9.17) is 5.11 Å². The molecule has 0 heterocycles. The van der Waals surface area contributed by atoms with Crippen molar-refractivity contribution in [3.8, 4) is 0 Å². The van der Waals surface area contributed by atoms with E-state index in [1.54, 1.807) is 6.07 Å². The minimum Gasteiger partial charge on any atom is -0.481 e. The topological polar surface area (TPSA) is 57.6 Å². The molecule has 0 aliphatic carbocycles. The highest BCUT2D eigenvalue weighted by atomic mass is 19.1. The molecular weight excluding hydrogens is 225 g/mol. The van der Waals surface area contributed by atoms with E-state index < -0.39 is 23.6 Å². The van der Waals surface area contributed by atoms with E-state index in [2.05, 4.69) is 0 Å². The molecule has 1 aromatic carbocycles. The van der Waals surface area contributed by atoms with Crippen molar-refractivity contribution in [2.24, 2.45) is 5.92 Å². The molecule has 1 atom stereocenters. The van der Waals surface area contributed by atoms with Crippen molar-refractivity contribution in [1.29, 1.82) is 0 Å². The maximum absolute atomic E-state index is 13.4. The zero-order valence-electron chi connectivity index (χ0n) is 9.68. The Morgan fingerprint density at radius 2 is 2.00 bits per heavy atom. The van der Waals surface area contributed by atoms with Crippen LogP contribution in [0, 0.1) is 11.7 Å². The van der Waals surface area contributed by atoms with Crippen molar-refractivity contribution in [3.63, 3.8) is 0 Å². The molecule has 1 amide bonds. The van der Waals surface area contributed by atoms with Crippen molar-refractivity contribution in [3.05, 3.63) is 30.1 Å². The van der Waals surface area contributed by atoms with E-state index >= 15 is 0 Å². The van der Waals surface area contributed by atoms with Crippen LogP contribution < -0.4 is 4.90 Å². The van der Waals surface area contributed by atoms with E-state index in [1.165, 1.54) is 32.2 Å². The Balaban J connectivity index is 2.83. The van der Waals surface area contributed by atoms with Gasteiger partial charge in [-0.1, -0.05) is 19.1 Å². The van der Waals surface area contributed by atoms with Crippen LogP contribution in [0.2, 0.25) is 0 Å². The molecule has 0 saturated heterocycles. The number of nitrogens with zero attached hydrogens (tertiary/aromatic N) is 1. The van der Waals surface area contributed by atoms with Crippen LogP contribution in [0.5, 0.6) is 0 Å². The smallest absolute Gasteiger partial charge is 0.304 e. The number of carbonyl (C=O) groups is 2. The molecule has 5 heteroatoms. The van der Waals surface area contributed by atoms with Crippen molar-refractivity contribution in [2.45, 2.75) is 13.3 Å². The summed E-state index contributed by atoms with van der Waals surface area (Å²) < 4.78 is 13.4. The number of halogens is 1. The number of rotatable bonds is 4. The minimum atomic E-state index is -1.05.